The maximum atomic E-state index is 12.9. The fourth-order valence-corrected chi connectivity index (χ4v) is 5.01. The molecule has 2 heterocycles. The van der Waals surface area contributed by atoms with Crippen molar-refractivity contribution in [1.82, 2.24) is 19.5 Å². The molecule has 2 aromatic carbocycles. The average molecular weight is 631 g/mol. The molecule has 15 heteroatoms. The highest BCUT2D eigenvalue weighted by Crippen LogP contribution is 2.27. The predicted molar refractivity (Wildman–Crippen MR) is 151 cm³/mol. The molecule has 0 aliphatic rings. The minimum atomic E-state index is -4.05. The molecule has 4 rings (SSSR count). The standard InChI is InChI=1S/C25H23BrN6O7S/c1-13-14(2)19(10-9-18(13)26)32-23(34)17(22(33)30-25(32)35)12-27-15-5-7-16(8-6-15)40(36,37)31-20-11-21(38-3)29-24(28-20)39-4/h5-12,34H,1-4H3,(H,28,29,31)(H,30,33,35). The fraction of sp³-hybridized carbons (Fsp3) is 0.160. The summed E-state index contributed by atoms with van der Waals surface area (Å²) in [5.74, 6) is -0.558. The van der Waals surface area contributed by atoms with Gasteiger partial charge in [-0.2, -0.15) is 9.97 Å². The number of aromatic amines is 1. The smallest absolute Gasteiger partial charge is 0.335 e. The van der Waals surface area contributed by atoms with E-state index in [0.717, 1.165) is 20.8 Å². The zero-order chi connectivity index (χ0) is 29.2. The van der Waals surface area contributed by atoms with Crippen molar-refractivity contribution in [3.8, 4) is 23.5 Å². The third-order valence-electron chi connectivity index (χ3n) is 5.86. The Labute approximate surface area is 236 Å². The lowest BCUT2D eigenvalue weighted by Gasteiger charge is -2.14. The SMILES string of the molecule is COc1cc(NS(=O)(=O)c2ccc(N=Cc3c(O)n(-c4ccc(Br)c(C)c4C)c(=O)[nH]c3=O)cc2)nc(OC)n1. The van der Waals surface area contributed by atoms with Crippen LogP contribution < -0.4 is 25.4 Å². The number of rotatable bonds is 8. The van der Waals surface area contributed by atoms with Crippen LogP contribution in [0.1, 0.15) is 16.7 Å². The second-order valence-corrected chi connectivity index (χ2v) is 10.8. The van der Waals surface area contributed by atoms with Crippen molar-refractivity contribution in [1.29, 1.82) is 0 Å². The minimum absolute atomic E-state index is 0.0631. The maximum Gasteiger partial charge on any atom is 0.335 e. The van der Waals surface area contributed by atoms with Crippen LogP contribution in [-0.2, 0) is 10.0 Å². The number of nitrogens with zero attached hydrogens (tertiary/aromatic N) is 4. The molecule has 40 heavy (non-hydrogen) atoms. The van der Waals surface area contributed by atoms with Crippen LogP contribution in [0.2, 0.25) is 0 Å². The molecule has 0 aliphatic heterocycles. The Bertz CT molecular complexity index is 1830. The first-order chi connectivity index (χ1) is 18.9. The molecule has 3 N–H and O–H groups in total. The number of aliphatic imine (C=N–C) groups is 1. The third-order valence-corrected chi connectivity index (χ3v) is 8.09. The number of hydrogen-bond acceptors (Lipinski definition) is 10. The number of hydrogen-bond donors (Lipinski definition) is 3. The molecule has 0 atom stereocenters. The van der Waals surface area contributed by atoms with Crippen molar-refractivity contribution in [2.45, 2.75) is 18.7 Å². The van der Waals surface area contributed by atoms with Crippen molar-refractivity contribution in [3.63, 3.8) is 0 Å². The molecule has 0 spiro atoms. The normalized spacial score (nSPS) is 11.5. The second-order valence-electron chi connectivity index (χ2n) is 8.29. The van der Waals surface area contributed by atoms with E-state index >= 15 is 0 Å². The Balaban J connectivity index is 1.63. The minimum Gasteiger partial charge on any atom is -0.493 e. The van der Waals surface area contributed by atoms with Crippen molar-refractivity contribution >= 4 is 43.7 Å². The number of anilines is 1. The molecule has 0 radical (unpaired) electrons. The van der Waals surface area contributed by atoms with Gasteiger partial charge in [-0.15, -0.1) is 0 Å². The first kappa shape index (κ1) is 28.5. The average Bonchev–Trinajstić information content (AvgIpc) is 2.92. The molecule has 0 aliphatic carbocycles. The van der Waals surface area contributed by atoms with Gasteiger partial charge in [-0.3, -0.25) is 19.5 Å². The van der Waals surface area contributed by atoms with Gasteiger partial charge in [0.25, 0.3) is 15.6 Å². The summed E-state index contributed by atoms with van der Waals surface area (Å²) < 4.78 is 39.8. The number of aromatic nitrogens is 4. The highest BCUT2D eigenvalue weighted by atomic mass is 79.9. The van der Waals surface area contributed by atoms with E-state index in [-0.39, 0.29) is 33.9 Å². The lowest BCUT2D eigenvalue weighted by Crippen LogP contribution is -2.31. The molecule has 0 fully saturated rings. The number of halogens is 1. The fourth-order valence-electron chi connectivity index (χ4n) is 3.59. The van der Waals surface area contributed by atoms with Crippen LogP contribution in [0.4, 0.5) is 11.5 Å². The van der Waals surface area contributed by atoms with Crippen LogP contribution in [0.15, 0.2) is 66.4 Å². The number of nitrogens with one attached hydrogen (secondary N) is 2. The summed E-state index contributed by atoms with van der Waals surface area (Å²) in [5, 5.41) is 10.9. The van der Waals surface area contributed by atoms with Gasteiger partial charge in [-0.25, -0.2) is 17.8 Å². The predicted octanol–water partition coefficient (Wildman–Crippen LogP) is 2.97. The van der Waals surface area contributed by atoms with Crippen LogP contribution >= 0.6 is 15.9 Å². The van der Waals surface area contributed by atoms with Gasteiger partial charge in [0.1, 0.15) is 5.56 Å². The van der Waals surface area contributed by atoms with Crippen molar-refractivity contribution in [2.24, 2.45) is 4.99 Å². The van der Waals surface area contributed by atoms with Crippen molar-refractivity contribution in [3.05, 3.63) is 84.5 Å². The first-order valence-corrected chi connectivity index (χ1v) is 13.7. The van der Waals surface area contributed by atoms with E-state index in [1.54, 1.807) is 19.1 Å². The van der Waals surface area contributed by atoms with E-state index in [9.17, 15) is 23.1 Å². The van der Waals surface area contributed by atoms with Crippen molar-refractivity contribution < 1.29 is 23.0 Å². The quantitative estimate of drug-likeness (QED) is 0.247. The largest absolute Gasteiger partial charge is 0.493 e. The number of benzene rings is 2. The topological polar surface area (TPSA) is 178 Å². The summed E-state index contributed by atoms with van der Waals surface area (Å²) in [5.41, 5.74) is 0.313. The van der Waals surface area contributed by atoms with Gasteiger partial charge in [0.15, 0.2) is 5.82 Å². The first-order valence-electron chi connectivity index (χ1n) is 11.4. The summed E-state index contributed by atoms with van der Waals surface area (Å²) in [7, 11) is -1.36. The highest BCUT2D eigenvalue weighted by Gasteiger charge is 2.18. The van der Waals surface area contributed by atoms with Gasteiger partial charge < -0.3 is 14.6 Å². The van der Waals surface area contributed by atoms with E-state index < -0.39 is 27.2 Å². The van der Waals surface area contributed by atoms with Gasteiger partial charge in [0.05, 0.1) is 30.5 Å². The van der Waals surface area contributed by atoms with E-state index in [0.29, 0.717) is 11.3 Å². The summed E-state index contributed by atoms with van der Waals surface area (Å²) in [4.78, 5) is 39.2. The number of aromatic hydroxyl groups is 1. The molecule has 0 saturated carbocycles. The molecule has 4 aromatic rings. The van der Waals surface area contributed by atoms with Crippen LogP contribution in [0.3, 0.4) is 0 Å². The van der Waals surface area contributed by atoms with Gasteiger partial charge in [0.2, 0.25) is 11.8 Å². The zero-order valence-electron chi connectivity index (χ0n) is 21.6. The van der Waals surface area contributed by atoms with Crippen LogP contribution in [0.5, 0.6) is 17.8 Å². The molecule has 0 saturated heterocycles. The molecule has 13 nitrogen and oxygen atoms in total. The molecule has 208 valence electrons. The van der Waals surface area contributed by atoms with Crippen LogP contribution in [-0.4, -0.2) is 53.5 Å². The Morgan fingerprint density at radius 3 is 2.40 bits per heavy atom. The van der Waals surface area contributed by atoms with Crippen LogP contribution in [0.25, 0.3) is 5.69 Å². The number of methoxy groups -OCH3 is 2. The Hall–Kier alpha value is -4.50. The summed E-state index contributed by atoms with van der Waals surface area (Å²) >= 11 is 3.43. The van der Waals surface area contributed by atoms with Gasteiger partial charge in [-0.05, 0) is 61.4 Å². The second kappa shape index (κ2) is 11.3. The number of H-pyrrole nitrogens is 1. The monoisotopic (exact) mass is 630 g/mol. The third kappa shape index (κ3) is 5.74. The Kier molecular flexibility index (Phi) is 8.06. The summed E-state index contributed by atoms with van der Waals surface area (Å²) in [6, 6.07) is 9.95. The van der Waals surface area contributed by atoms with Gasteiger partial charge >= 0.3 is 11.7 Å². The lowest BCUT2D eigenvalue weighted by atomic mass is 10.1. The van der Waals surface area contributed by atoms with E-state index in [1.807, 2.05) is 6.92 Å². The Morgan fingerprint density at radius 2 is 1.75 bits per heavy atom. The zero-order valence-corrected chi connectivity index (χ0v) is 24.0. The summed E-state index contributed by atoms with van der Waals surface area (Å²) in [6.07, 6.45) is 1.09. The molecule has 0 bridgehead atoms. The molecule has 0 amide bonds. The number of sulfonamides is 1. The Morgan fingerprint density at radius 1 is 1.05 bits per heavy atom. The van der Waals surface area contributed by atoms with Gasteiger partial charge in [0, 0.05) is 16.8 Å². The molecule has 2 aromatic heterocycles. The van der Waals surface area contributed by atoms with E-state index in [2.05, 4.69) is 40.6 Å². The maximum absolute atomic E-state index is 12.9. The highest BCUT2D eigenvalue weighted by molar-refractivity contribution is 9.10. The van der Waals surface area contributed by atoms with Crippen LogP contribution in [0, 0.1) is 13.8 Å². The molecule has 0 unspecified atom stereocenters. The molecular weight excluding hydrogens is 608 g/mol. The molecular formula is C25H23BrN6O7S. The van der Waals surface area contributed by atoms with Crippen molar-refractivity contribution in [2.75, 3.05) is 18.9 Å². The van der Waals surface area contributed by atoms with E-state index in [1.165, 1.54) is 44.6 Å². The summed E-state index contributed by atoms with van der Waals surface area (Å²) in [6.45, 7) is 3.63. The van der Waals surface area contributed by atoms with E-state index in [4.69, 9.17) is 9.47 Å². The lowest BCUT2D eigenvalue weighted by molar-refractivity contribution is 0.353. The van der Waals surface area contributed by atoms with Gasteiger partial charge in [-0.1, -0.05) is 15.9 Å². The number of ether oxygens (including phenoxy) is 2.